The van der Waals surface area contributed by atoms with Crippen molar-refractivity contribution in [1.29, 1.82) is 0 Å². The molecule has 0 radical (unpaired) electrons. The van der Waals surface area contributed by atoms with Crippen molar-refractivity contribution in [3.8, 4) is 0 Å². The fraction of sp³-hybridized carbons (Fsp3) is 0.533. The van der Waals surface area contributed by atoms with Crippen molar-refractivity contribution in [2.24, 2.45) is 5.92 Å². The van der Waals surface area contributed by atoms with Crippen LogP contribution in [0.4, 0.5) is 0 Å². The summed E-state index contributed by atoms with van der Waals surface area (Å²) in [6.07, 6.45) is 4.39. The number of carbonyl (C=O) groups is 1. The fourth-order valence-corrected chi connectivity index (χ4v) is 2.60. The molecule has 0 amide bonds. The molecule has 98 valence electrons. The number of thiol groups is 1. The molecule has 1 fully saturated rings. The Balaban J connectivity index is 2.01. The summed E-state index contributed by atoms with van der Waals surface area (Å²) >= 11 is 4.27. The largest absolute Gasteiger partial charge is 0.459 e. The van der Waals surface area contributed by atoms with E-state index in [2.05, 4.69) is 19.6 Å². The molecule has 0 spiro atoms. The summed E-state index contributed by atoms with van der Waals surface area (Å²) in [5, 5.41) is 0. The molecule has 0 N–H and O–H groups in total. The molecular formula is C15H20O2S. The maximum Gasteiger partial charge on any atom is 0.338 e. The normalized spacial score (nSPS) is 23.7. The standard InChI is InChI=1S/C15H20O2S/c1-10-3-6-12(7-4-10)17-15(16)14-9-13(18)8-5-11(14)2/h5,8-10,12,18H,3-4,6-7H2,1-2H3. The lowest BCUT2D eigenvalue weighted by Crippen LogP contribution is -2.24. The molecule has 1 aromatic carbocycles. The maximum atomic E-state index is 12.1. The van der Waals surface area contributed by atoms with Crippen LogP contribution in [0.3, 0.4) is 0 Å². The molecule has 0 heterocycles. The van der Waals surface area contributed by atoms with Crippen molar-refractivity contribution in [3.63, 3.8) is 0 Å². The minimum absolute atomic E-state index is 0.0941. The molecule has 1 aliphatic carbocycles. The number of rotatable bonds is 2. The van der Waals surface area contributed by atoms with Gasteiger partial charge in [0.25, 0.3) is 0 Å². The van der Waals surface area contributed by atoms with Crippen LogP contribution in [0.25, 0.3) is 0 Å². The average molecular weight is 264 g/mol. The number of hydrogen-bond acceptors (Lipinski definition) is 3. The minimum Gasteiger partial charge on any atom is -0.459 e. The Morgan fingerprint density at radius 2 is 1.94 bits per heavy atom. The van der Waals surface area contributed by atoms with Crippen molar-refractivity contribution in [2.75, 3.05) is 0 Å². The average Bonchev–Trinajstić information content (AvgIpc) is 2.35. The second-order valence-electron chi connectivity index (χ2n) is 5.29. The molecule has 0 atom stereocenters. The van der Waals surface area contributed by atoms with Crippen LogP contribution in [0.15, 0.2) is 23.1 Å². The zero-order valence-corrected chi connectivity index (χ0v) is 11.9. The molecular weight excluding hydrogens is 244 g/mol. The minimum atomic E-state index is -0.206. The zero-order chi connectivity index (χ0) is 13.1. The van der Waals surface area contributed by atoms with E-state index in [0.29, 0.717) is 5.56 Å². The highest BCUT2D eigenvalue weighted by molar-refractivity contribution is 7.80. The van der Waals surface area contributed by atoms with Gasteiger partial charge in [0.05, 0.1) is 5.56 Å². The van der Waals surface area contributed by atoms with Gasteiger partial charge in [0.1, 0.15) is 6.10 Å². The van der Waals surface area contributed by atoms with E-state index in [-0.39, 0.29) is 12.1 Å². The van der Waals surface area contributed by atoms with Crippen molar-refractivity contribution >= 4 is 18.6 Å². The van der Waals surface area contributed by atoms with Gasteiger partial charge in [0, 0.05) is 4.90 Å². The van der Waals surface area contributed by atoms with Gasteiger partial charge in [-0.1, -0.05) is 13.0 Å². The van der Waals surface area contributed by atoms with Crippen molar-refractivity contribution in [1.82, 2.24) is 0 Å². The Hall–Kier alpha value is -0.960. The van der Waals surface area contributed by atoms with Gasteiger partial charge < -0.3 is 4.74 Å². The monoisotopic (exact) mass is 264 g/mol. The lowest BCUT2D eigenvalue weighted by molar-refractivity contribution is 0.0173. The van der Waals surface area contributed by atoms with E-state index in [9.17, 15) is 4.79 Å². The second-order valence-corrected chi connectivity index (χ2v) is 5.80. The molecule has 1 aromatic rings. The Morgan fingerprint density at radius 1 is 1.28 bits per heavy atom. The highest BCUT2D eigenvalue weighted by atomic mass is 32.1. The van der Waals surface area contributed by atoms with Crippen molar-refractivity contribution in [3.05, 3.63) is 29.3 Å². The fourth-order valence-electron chi connectivity index (χ4n) is 2.39. The molecule has 0 aliphatic heterocycles. The molecule has 0 bridgehead atoms. The van der Waals surface area contributed by atoms with Gasteiger partial charge in [-0.05, 0) is 56.2 Å². The summed E-state index contributed by atoms with van der Waals surface area (Å²) in [6.45, 7) is 4.18. The quantitative estimate of drug-likeness (QED) is 0.645. The Bertz CT molecular complexity index is 434. The third-order valence-electron chi connectivity index (χ3n) is 3.68. The number of hydrogen-bond donors (Lipinski definition) is 1. The maximum absolute atomic E-state index is 12.1. The van der Waals surface area contributed by atoms with E-state index in [1.54, 1.807) is 6.07 Å². The van der Waals surface area contributed by atoms with Gasteiger partial charge in [-0.25, -0.2) is 4.79 Å². The first-order valence-corrected chi connectivity index (χ1v) is 7.01. The van der Waals surface area contributed by atoms with Crippen LogP contribution in [-0.2, 0) is 4.74 Å². The van der Waals surface area contributed by atoms with Gasteiger partial charge in [0.2, 0.25) is 0 Å². The molecule has 0 aromatic heterocycles. The summed E-state index contributed by atoms with van der Waals surface area (Å²) in [7, 11) is 0. The third kappa shape index (κ3) is 3.29. The summed E-state index contributed by atoms with van der Waals surface area (Å²) in [5.74, 6) is 0.561. The predicted octanol–water partition coefficient (Wildman–Crippen LogP) is 4.02. The van der Waals surface area contributed by atoms with E-state index < -0.39 is 0 Å². The number of benzene rings is 1. The van der Waals surface area contributed by atoms with Gasteiger partial charge in [-0.15, -0.1) is 12.6 Å². The zero-order valence-electron chi connectivity index (χ0n) is 11.0. The third-order valence-corrected chi connectivity index (χ3v) is 3.96. The molecule has 0 saturated heterocycles. The first kappa shape index (κ1) is 13.5. The van der Waals surface area contributed by atoms with E-state index in [1.165, 1.54) is 0 Å². The Morgan fingerprint density at radius 3 is 2.61 bits per heavy atom. The molecule has 1 aliphatic rings. The van der Waals surface area contributed by atoms with E-state index in [1.807, 2.05) is 19.1 Å². The van der Waals surface area contributed by atoms with Gasteiger partial charge in [-0.3, -0.25) is 0 Å². The van der Waals surface area contributed by atoms with E-state index in [0.717, 1.165) is 42.1 Å². The van der Waals surface area contributed by atoms with Gasteiger partial charge >= 0.3 is 5.97 Å². The molecule has 2 nitrogen and oxygen atoms in total. The van der Waals surface area contributed by atoms with Crippen LogP contribution in [0.5, 0.6) is 0 Å². The lowest BCUT2D eigenvalue weighted by atomic mass is 9.89. The summed E-state index contributed by atoms with van der Waals surface area (Å²) in [4.78, 5) is 12.9. The number of esters is 1. The molecule has 1 saturated carbocycles. The van der Waals surface area contributed by atoms with Crippen LogP contribution in [0.1, 0.15) is 48.5 Å². The summed E-state index contributed by atoms with van der Waals surface area (Å²) < 4.78 is 5.59. The van der Waals surface area contributed by atoms with Gasteiger partial charge in [0.15, 0.2) is 0 Å². The number of carbonyl (C=O) groups excluding carboxylic acids is 1. The van der Waals surface area contributed by atoms with Crippen molar-refractivity contribution in [2.45, 2.75) is 50.5 Å². The second kappa shape index (κ2) is 5.79. The van der Waals surface area contributed by atoms with Crippen LogP contribution in [0.2, 0.25) is 0 Å². The highest BCUT2D eigenvalue weighted by Crippen LogP contribution is 2.26. The molecule has 2 rings (SSSR count). The molecule has 18 heavy (non-hydrogen) atoms. The molecule has 3 heteroatoms. The lowest BCUT2D eigenvalue weighted by Gasteiger charge is -2.26. The van der Waals surface area contributed by atoms with E-state index >= 15 is 0 Å². The summed E-state index contributed by atoms with van der Waals surface area (Å²) in [5.41, 5.74) is 1.59. The smallest absolute Gasteiger partial charge is 0.338 e. The Labute approximate surface area is 114 Å². The topological polar surface area (TPSA) is 26.3 Å². The van der Waals surface area contributed by atoms with Crippen molar-refractivity contribution < 1.29 is 9.53 Å². The van der Waals surface area contributed by atoms with Gasteiger partial charge in [-0.2, -0.15) is 0 Å². The highest BCUT2D eigenvalue weighted by Gasteiger charge is 2.22. The van der Waals surface area contributed by atoms with Crippen LogP contribution in [-0.4, -0.2) is 12.1 Å². The number of ether oxygens (including phenoxy) is 1. The predicted molar refractivity (Wildman–Crippen MR) is 75.3 cm³/mol. The summed E-state index contributed by atoms with van der Waals surface area (Å²) in [6, 6.07) is 5.58. The van der Waals surface area contributed by atoms with Crippen LogP contribution < -0.4 is 0 Å². The molecule has 0 unspecified atom stereocenters. The Kier molecular flexibility index (Phi) is 4.33. The first-order valence-electron chi connectivity index (χ1n) is 6.57. The van der Waals surface area contributed by atoms with Crippen LogP contribution >= 0.6 is 12.6 Å². The SMILES string of the molecule is Cc1ccc(S)cc1C(=O)OC1CCC(C)CC1. The first-order chi connectivity index (χ1) is 8.56. The van der Waals surface area contributed by atoms with E-state index in [4.69, 9.17) is 4.74 Å². The van der Waals surface area contributed by atoms with Crippen LogP contribution in [0, 0.1) is 12.8 Å². The number of aryl methyl sites for hydroxylation is 1.